The number of hydrogen-bond acceptors (Lipinski definition) is 3. The molecular formula is C13H19NO3. The lowest BCUT2D eigenvalue weighted by atomic mass is 10.0. The number of likely N-dealkylation sites (N-methyl/N-ethyl adjacent to an activating group) is 1. The van der Waals surface area contributed by atoms with Crippen molar-refractivity contribution in [1.29, 1.82) is 0 Å². The number of nitrogens with zero attached hydrogens (tertiary/aromatic N) is 1. The maximum atomic E-state index is 11.4. The summed E-state index contributed by atoms with van der Waals surface area (Å²) in [5.74, 6) is -0.231. The number of para-hydroxylation sites is 1. The van der Waals surface area contributed by atoms with E-state index in [4.69, 9.17) is 4.74 Å². The zero-order valence-electron chi connectivity index (χ0n) is 10.5. The van der Waals surface area contributed by atoms with Crippen LogP contribution in [0, 0.1) is 0 Å². The molecule has 0 fully saturated rings. The highest BCUT2D eigenvalue weighted by Gasteiger charge is 2.27. The summed E-state index contributed by atoms with van der Waals surface area (Å²) in [5, 5.41) is 9.38. The lowest BCUT2D eigenvalue weighted by Gasteiger charge is -2.27. The van der Waals surface area contributed by atoms with E-state index >= 15 is 0 Å². The summed E-state index contributed by atoms with van der Waals surface area (Å²) in [7, 11) is 1.56. The fourth-order valence-corrected chi connectivity index (χ4v) is 1.97. The van der Waals surface area contributed by atoms with E-state index in [-0.39, 0.29) is 0 Å². The maximum absolute atomic E-state index is 11.4. The van der Waals surface area contributed by atoms with E-state index in [2.05, 4.69) is 0 Å². The van der Waals surface area contributed by atoms with Gasteiger partial charge in [-0.3, -0.25) is 9.69 Å². The Hall–Kier alpha value is -1.55. The molecule has 0 aliphatic rings. The van der Waals surface area contributed by atoms with Crippen molar-refractivity contribution >= 4 is 5.97 Å². The van der Waals surface area contributed by atoms with Crippen molar-refractivity contribution in [3.05, 3.63) is 29.8 Å². The highest BCUT2D eigenvalue weighted by atomic mass is 16.5. The fourth-order valence-electron chi connectivity index (χ4n) is 1.97. The molecule has 0 saturated carbocycles. The number of aliphatic carboxylic acids is 1. The van der Waals surface area contributed by atoms with Crippen LogP contribution < -0.4 is 4.74 Å². The lowest BCUT2D eigenvalue weighted by Crippen LogP contribution is -2.34. The molecule has 0 heterocycles. The van der Waals surface area contributed by atoms with Crippen LogP contribution in [-0.2, 0) is 4.79 Å². The van der Waals surface area contributed by atoms with Crippen LogP contribution in [0.5, 0.6) is 5.75 Å². The number of hydrogen-bond donors (Lipinski definition) is 1. The molecule has 1 unspecified atom stereocenters. The second-order valence-corrected chi connectivity index (χ2v) is 3.70. The quantitative estimate of drug-likeness (QED) is 0.823. The third-order valence-corrected chi connectivity index (χ3v) is 2.84. The summed E-state index contributed by atoms with van der Waals surface area (Å²) in [6.07, 6.45) is 0. The van der Waals surface area contributed by atoms with E-state index in [1.165, 1.54) is 0 Å². The number of benzene rings is 1. The number of carbonyl (C=O) groups is 1. The zero-order valence-corrected chi connectivity index (χ0v) is 10.5. The van der Waals surface area contributed by atoms with Gasteiger partial charge in [-0.2, -0.15) is 0 Å². The Balaban J connectivity index is 3.17. The highest BCUT2D eigenvalue weighted by Crippen LogP contribution is 2.29. The van der Waals surface area contributed by atoms with Crippen LogP contribution in [0.25, 0.3) is 0 Å². The summed E-state index contributed by atoms with van der Waals surface area (Å²) < 4.78 is 5.23. The molecular weight excluding hydrogens is 218 g/mol. The first-order chi connectivity index (χ1) is 8.15. The van der Waals surface area contributed by atoms with Gasteiger partial charge in [0.2, 0.25) is 0 Å². The summed E-state index contributed by atoms with van der Waals surface area (Å²) in [4.78, 5) is 13.3. The second kappa shape index (κ2) is 6.25. The van der Waals surface area contributed by atoms with Crippen molar-refractivity contribution in [2.75, 3.05) is 20.2 Å². The van der Waals surface area contributed by atoms with Crippen LogP contribution in [0.15, 0.2) is 24.3 Å². The Morgan fingerprint density at radius 3 is 2.41 bits per heavy atom. The van der Waals surface area contributed by atoms with Gasteiger partial charge in [0.1, 0.15) is 11.8 Å². The Labute approximate surface area is 102 Å². The average molecular weight is 237 g/mol. The first-order valence-electron chi connectivity index (χ1n) is 5.75. The molecule has 0 aliphatic heterocycles. The van der Waals surface area contributed by atoms with Gasteiger partial charge in [-0.15, -0.1) is 0 Å². The largest absolute Gasteiger partial charge is 0.496 e. The van der Waals surface area contributed by atoms with E-state index in [0.717, 1.165) is 0 Å². The van der Waals surface area contributed by atoms with Crippen molar-refractivity contribution < 1.29 is 14.6 Å². The van der Waals surface area contributed by atoms with Crippen LogP contribution in [0.3, 0.4) is 0 Å². The van der Waals surface area contributed by atoms with Crippen LogP contribution in [0.4, 0.5) is 0 Å². The summed E-state index contributed by atoms with van der Waals surface area (Å²) >= 11 is 0. The third kappa shape index (κ3) is 2.97. The van der Waals surface area contributed by atoms with Crippen LogP contribution in [0.2, 0.25) is 0 Å². The minimum atomic E-state index is -0.849. The van der Waals surface area contributed by atoms with Crippen LogP contribution >= 0.6 is 0 Å². The Kier molecular flexibility index (Phi) is 4.97. The molecule has 1 aromatic carbocycles. The molecule has 0 aliphatic carbocycles. The molecule has 4 heteroatoms. The molecule has 0 aromatic heterocycles. The molecule has 0 bridgehead atoms. The van der Waals surface area contributed by atoms with Gasteiger partial charge in [0.15, 0.2) is 0 Å². The number of ether oxygens (including phenoxy) is 1. The van der Waals surface area contributed by atoms with Gasteiger partial charge in [0.25, 0.3) is 0 Å². The third-order valence-electron chi connectivity index (χ3n) is 2.84. The van der Waals surface area contributed by atoms with Gasteiger partial charge >= 0.3 is 5.97 Å². The average Bonchev–Trinajstić information content (AvgIpc) is 2.35. The molecule has 0 spiro atoms. The molecule has 0 radical (unpaired) electrons. The molecule has 0 amide bonds. The first-order valence-corrected chi connectivity index (χ1v) is 5.75. The van der Waals surface area contributed by atoms with Gasteiger partial charge < -0.3 is 9.84 Å². The standard InChI is InChI=1S/C13H19NO3/c1-4-14(5-2)12(13(15)16)10-8-6-7-9-11(10)17-3/h6-9,12H,4-5H2,1-3H3,(H,15,16). The Morgan fingerprint density at radius 2 is 1.94 bits per heavy atom. The fraction of sp³-hybridized carbons (Fsp3) is 0.462. The predicted molar refractivity (Wildman–Crippen MR) is 66.3 cm³/mol. The SMILES string of the molecule is CCN(CC)C(C(=O)O)c1ccccc1OC. The minimum absolute atomic E-state index is 0.617. The van der Waals surface area contributed by atoms with Crippen molar-refractivity contribution in [1.82, 2.24) is 4.90 Å². The molecule has 94 valence electrons. The molecule has 1 aromatic rings. The number of rotatable bonds is 6. The molecule has 17 heavy (non-hydrogen) atoms. The maximum Gasteiger partial charge on any atom is 0.325 e. The van der Waals surface area contributed by atoms with Crippen molar-refractivity contribution in [3.8, 4) is 5.75 Å². The smallest absolute Gasteiger partial charge is 0.325 e. The van der Waals surface area contributed by atoms with Crippen LogP contribution in [-0.4, -0.2) is 36.2 Å². The molecule has 0 saturated heterocycles. The van der Waals surface area contributed by atoms with Gasteiger partial charge in [0.05, 0.1) is 7.11 Å². The van der Waals surface area contributed by atoms with E-state index in [1.54, 1.807) is 19.2 Å². The zero-order chi connectivity index (χ0) is 12.8. The van der Waals surface area contributed by atoms with Crippen LogP contribution in [0.1, 0.15) is 25.5 Å². The first kappa shape index (κ1) is 13.5. The lowest BCUT2D eigenvalue weighted by molar-refractivity contribution is -0.143. The number of carboxylic acid groups (broad SMARTS) is 1. The number of methoxy groups -OCH3 is 1. The predicted octanol–water partition coefficient (Wildman–Crippen LogP) is 2.16. The monoisotopic (exact) mass is 237 g/mol. The molecule has 1 rings (SSSR count). The summed E-state index contributed by atoms with van der Waals surface area (Å²) in [6, 6.07) is 6.60. The number of carboxylic acids is 1. The van der Waals surface area contributed by atoms with E-state index in [9.17, 15) is 9.90 Å². The van der Waals surface area contributed by atoms with Gasteiger partial charge in [0, 0.05) is 5.56 Å². The Bertz CT molecular complexity index is 375. The highest BCUT2D eigenvalue weighted by molar-refractivity contribution is 5.76. The summed E-state index contributed by atoms with van der Waals surface area (Å²) in [6.45, 7) is 5.28. The van der Waals surface area contributed by atoms with Crippen molar-refractivity contribution in [3.63, 3.8) is 0 Å². The second-order valence-electron chi connectivity index (χ2n) is 3.70. The molecule has 4 nitrogen and oxygen atoms in total. The van der Waals surface area contributed by atoms with E-state index in [0.29, 0.717) is 24.4 Å². The van der Waals surface area contributed by atoms with Gasteiger partial charge in [-0.25, -0.2) is 0 Å². The minimum Gasteiger partial charge on any atom is -0.496 e. The van der Waals surface area contributed by atoms with Gasteiger partial charge in [-0.1, -0.05) is 32.0 Å². The topological polar surface area (TPSA) is 49.8 Å². The van der Waals surface area contributed by atoms with Gasteiger partial charge in [-0.05, 0) is 19.2 Å². The van der Waals surface area contributed by atoms with E-state index < -0.39 is 12.0 Å². The Morgan fingerprint density at radius 1 is 1.35 bits per heavy atom. The van der Waals surface area contributed by atoms with Crippen molar-refractivity contribution in [2.45, 2.75) is 19.9 Å². The molecule has 1 N–H and O–H groups in total. The van der Waals surface area contributed by atoms with E-state index in [1.807, 2.05) is 30.9 Å². The normalized spacial score (nSPS) is 12.5. The molecule has 1 atom stereocenters. The van der Waals surface area contributed by atoms with Crippen molar-refractivity contribution in [2.24, 2.45) is 0 Å². The summed E-state index contributed by atoms with van der Waals surface area (Å²) in [5.41, 5.74) is 0.700.